The summed E-state index contributed by atoms with van der Waals surface area (Å²) in [5.74, 6) is -2.74. The number of carbonyl (C=O) groups is 3. The van der Waals surface area contributed by atoms with Gasteiger partial charge in [-0.1, -0.05) is 64.5 Å². The fraction of sp³-hybridized carbons (Fsp3) is 0.172. The Bertz CT molecular complexity index is 1910. The van der Waals surface area contributed by atoms with Crippen molar-refractivity contribution in [2.45, 2.75) is 22.7 Å². The number of halogens is 2. The minimum Gasteiger partial charge on any atom is -0.496 e. The van der Waals surface area contributed by atoms with E-state index in [4.69, 9.17) is 27.9 Å². The number of methoxy groups -OCH3 is 1. The molecular weight excluding hydrogens is 651 g/mol. The molecule has 1 fully saturated rings. The first-order valence-corrected chi connectivity index (χ1v) is 15.4. The SMILES string of the molecule is COc1ccccc1C1c2sc(=O)n(CC(=O)Nc3ccc(Cl)c(Cl)c3)c2SC2C(=O)N(c3ccc([N+](=O)[O-])cc3)C(=O)C21. The lowest BCUT2D eigenvalue weighted by molar-refractivity contribution is -0.384. The summed E-state index contributed by atoms with van der Waals surface area (Å²) >= 11 is 14.0. The number of amides is 3. The van der Waals surface area contributed by atoms with Gasteiger partial charge in [-0.15, -0.1) is 0 Å². The lowest BCUT2D eigenvalue weighted by Crippen LogP contribution is -2.33. The van der Waals surface area contributed by atoms with E-state index in [0.29, 0.717) is 31.9 Å². The number of hydrogen-bond donors (Lipinski definition) is 1. The minimum absolute atomic E-state index is 0.183. The van der Waals surface area contributed by atoms with Crippen LogP contribution in [0.15, 0.2) is 76.6 Å². The summed E-state index contributed by atoms with van der Waals surface area (Å²) in [6.45, 7) is -0.359. The maximum absolute atomic E-state index is 14.0. The standard InChI is InChI=1S/C29H20Cl2N4O7S2/c1-42-20-5-3-2-4-17(20)22-23-24(27(38)34(26(23)37)15-7-9-16(10-8-15)35(40)41)43-28-25(22)44-29(39)33(28)13-21(36)32-14-6-11-18(30)19(31)12-14/h2-12,22-24H,13H2,1H3,(H,32,36). The number of carbonyl (C=O) groups excluding carboxylic acids is 3. The molecule has 0 aliphatic carbocycles. The van der Waals surface area contributed by atoms with E-state index in [1.807, 2.05) is 0 Å². The van der Waals surface area contributed by atoms with Crippen molar-refractivity contribution < 1.29 is 24.0 Å². The molecule has 3 unspecified atom stereocenters. The van der Waals surface area contributed by atoms with Crippen LogP contribution in [0.25, 0.3) is 0 Å². The molecule has 1 N–H and O–H groups in total. The largest absolute Gasteiger partial charge is 0.496 e. The molecule has 2 aliphatic rings. The van der Waals surface area contributed by atoms with Gasteiger partial charge in [0.15, 0.2) is 0 Å². The number of nitrogens with zero attached hydrogens (tertiary/aromatic N) is 3. The van der Waals surface area contributed by atoms with Crippen molar-refractivity contribution in [1.29, 1.82) is 0 Å². The van der Waals surface area contributed by atoms with Crippen LogP contribution in [0, 0.1) is 16.0 Å². The van der Waals surface area contributed by atoms with Gasteiger partial charge in [-0.3, -0.25) is 33.9 Å². The zero-order valence-corrected chi connectivity index (χ0v) is 25.7. The van der Waals surface area contributed by atoms with Crippen LogP contribution in [0.3, 0.4) is 0 Å². The smallest absolute Gasteiger partial charge is 0.308 e. The lowest BCUT2D eigenvalue weighted by atomic mass is 9.82. The Morgan fingerprint density at radius 2 is 1.75 bits per heavy atom. The second kappa shape index (κ2) is 11.7. The van der Waals surface area contributed by atoms with Gasteiger partial charge in [-0.05, 0) is 36.4 Å². The molecule has 11 nitrogen and oxygen atoms in total. The molecule has 0 bridgehead atoms. The molecule has 44 heavy (non-hydrogen) atoms. The van der Waals surface area contributed by atoms with E-state index in [2.05, 4.69) is 5.32 Å². The molecule has 1 aromatic heterocycles. The van der Waals surface area contributed by atoms with Gasteiger partial charge in [-0.25, -0.2) is 4.90 Å². The molecule has 0 saturated carbocycles. The summed E-state index contributed by atoms with van der Waals surface area (Å²) in [7, 11) is 1.49. The van der Waals surface area contributed by atoms with Crippen LogP contribution >= 0.6 is 46.3 Å². The van der Waals surface area contributed by atoms with Gasteiger partial charge in [0.1, 0.15) is 17.5 Å². The Labute approximate surface area is 267 Å². The number of imide groups is 1. The van der Waals surface area contributed by atoms with Gasteiger partial charge in [-0.2, -0.15) is 0 Å². The Hall–Kier alpha value is -4.17. The fourth-order valence-electron chi connectivity index (χ4n) is 5.41. The number of nitrogens with one attached hydrogen (secondary N) is 1. The molecular formula is C29H20Cl2N4O7S2. The van der Waals surface area contributed by atoms with Crippen LogP contribution in [-0.4, -0.2) is 39.6 Å². The number of thiazole rings is 1. The first-order chi connectivity index (χ1) is 21.1. The number of rotatable bonds is 7. The molecule has 15 heteroatoms. The summed E-state index contributed by atoms with van der Waals surface area (Å²) in [5.41, 5.74) is 1.00. The molecule has 224 valence electrons. The van der Waals surface area contributed by atoms with Crippen LogP contribution in [0.2, 0.25) is 10.0 Å². The number of anilines is 2. The fourth-order valence-corrected chi connectivity index (χ4v) is 8.47. The number of nitro groups is 1. The van der Waals surface area contributed by atoms with Crippen molar-refractivity contribution in [2.24, 2.45) is 5.92 Å². The zero-order chi connectivity index (χ0) is 31.3. The number of thioether (sulfide) groups is 1. The van der Waals surface area contributed by atoms with Crippen LogP contribution in [-0.2, 0) is 20.9 Å². The molecule has 3 atom stereocenters. The molecule has 3 aromatic carbocycles. The van der Waals surface area contributed by atoms with Crippen molar-refractivity contribution in [3.05, 3.63) is 107 Å². The van der Waals surface area contributed by atoms with Crippen molar-refractivity contribution >= 4 is 81.1 Å². The van der Waals surface area contributed by atoms with E-state index in [1.165, 1.54) is 48.1 Å². The number of ether oxygens (including phenoxy) is 1. The Balaban J connectivity index is 1.41. The average molecular weight is 672 g/mol. The van der Waals surface area contributed by atoms with E-state index in [1.54, 1.807) is 30.3 Å². The van der Waals surface area contributed by atoms with Crippen molar-refractivity contribution in [3.63, 3.8) is 0 Å². The average Bonchev–Trinajstić information content (AvgIpc) is 3.45. The predicted octanol–water partition coefficient (Wildman–Crippen LogP) is 5.57. The van der Waals surface area contributed by atoms with E-state index < -0.39 is 44.6 Å². The molecule has 0 radical (unpaired) electrons. The summed E-state index contributed by atoms with van der Waals surface area (Å²) in [4.78, 5) is 66.1. The Kier molecular flexibility index (Phi) is 7.97. The maximum atomic E-state index is 14.0. The highest BCUT2D eigenvalue weighted by Crippen LogP contribution is 2.55. The van der Waals surface area contributed by atoms with Crippen LogP contribution in [0.5, 0.6) is 5.75 Å². The molecule has 4 aromatic rings. The summed E-state index contributed by atoms with van der Waals surface area (Å²) < 4.78 is 6.91. The first-order valence-electron chi connectivity index (χ1n) is 13.0. The third-order valence-electron chi connectivity index (χ3n) is 7.35. The molecule has 0 spiro atoms. The number of hydrogen-bond acceptors (Lipinski definition) is 9. The summed E-state index contributed by atoms with van der Waals surface area (Å²) in [6, 6.07) is 16.8. The van der Waals surface area contributed by atoms with Gasteiger partial charge in [0.2, 0.25) is 17.7 Å². The molecule has 6 rings (SSSR count). The summed E-state index contributed by atoms with van der Waals surface area (Å²) in [6.07, 6.45) is 0. The van der Waals surface area contributed by atoms with E-state index in [0.717, 1.165) is 28.0 Å². The van der Waals surface area contributed by atoms with Gasteiger partial charge in [0.05, 0.1) is 38.7 Å². The first kappa shape index (κ1) is 29.9. The van der Waals surface area contributed by atoms with Gasteiger partial charge >= 0.3 is 4.87 Å². The van der Waals surface area contributed by atoms with Gasteiger partial charge in [0.25, 0.3) is 5.69 Å². The van der Waals surface area contributed by atoms with E-state index in [-0.39, 0.29) is 22.9 Å². The molecule has 3 amide bonds. The number of aromatic nitrogens is 1. The normalized spacial score (nSPS) is 19.0. The van der Waals surface area contributed by atoms with Crippen molar-refractivity contribution in [2.75, 3.05) is 17.3 Å². The number of benzene rings is 3. The maximum Gasteiger partial charge on any atom is 0.308 e. The number of non-ortho nitro benzene ring substituents is 1. The van der Waals surface area contributed by atoms with E-state index in [9.17, 15) is 29.3 Å². The van der Waals surface area contributed by atoms with E-state index >= 15 is 0 Å². The van der Waals surface area contributed by atoms with Crippen LogP contribution in [0.1, 0.15) is 16.4 Å². The molecule has 1 saturated heterocycles. The van der Waals surface area contributed by atoms with Crippen LogP contribution in [0.4, 0.5) is 17.1 Å². The highest BCUT2D eigenvalue weighted by atomic mass is 35.5. The Morgan fingerprint density at radius 1 is 1.02 bits per heavy atom. The van der Waals surface area contributed by atoms with Gasteiger partial charge in [0, 0.05) is 34.2 Å². The lowest BCUT2D eigenvalue weighted by Gasteiger charge is -2.31. The predicted molar refractivity (Wildman–Crippen MR) is 167 cm³/mol. The number of para-hydroxylation sites is 1. The monoisotopic (exact) mass is 670 g/mol. The van der Waals surface area contributed by atoms with Gasteiger partial charge < -0.3 is 10.1 Å². The molecule has 2 aliphatic heterocycles. The quantitative estimate of drug-likeness (QED) is 0.153. The third-order valence-corrected chi connectivity index (χ3v) is 10.7. The summed E-state index contributed by atoms with van der Waals surface area (Å²) in [5, 5.41) is 13.9. The highest BCUT2D eigenvalue weighted by Gasteiger charge is 2.57. The highest BCUT2D eigenvalue weighted by molar-refractivity contribution is 8.00. The second-order valence-corrected chi connectivity index (χ2v) is 12.8. The Morgan fingerprint density at radius 3 is 2.43 bits per heavy atom. The topological polar surface area (TPSA) is 141 Å². The number of nitro benzene ring substituents is 1. The van der Waals surface area contributed by atoms with Crippen LogP contribution < -0.4 is 19.8 Å². The minimum atomic E-state index is -0.946. The van der Waals surface area contributed by atoms with Crippen molar-refractivity contribution in [3.8, 4) is 5.75 Å². The van der Waals surface area contributed by atoms with Crippen molar-refractivity contribution in [1.82, 2.24) is 4.57 Å². The molecule has 3 heterocycles. The second-order valence-electron chi connectivity index (χ2n) is 9.87. The number of fused-ring (bicyclic) bond motifs is 2. The zero-order valence-electron chi connectivity index (χ0n) is 22.6. The third kappa shape index (κ3) is 5.15.